The number of thiophene rings is 1. The third kappa shape index (κ3) is 3.32. The van der Waals surface area contributed by atoms with Crippen LogP contribution in [0.25, 0.3) is 6.08 Å². The first kappa shape index (κ1) is 17.7. The van der Waals surface area contributed by atoms with Gasteiger partial charge in [-0.05, 0) is 48.6 Å². The minimum Gasteiger partial charge on any atom is -0.497 e. The summed E-state index contributed by atoms with van der Waals surface area (Å²) in [5, 5.41) is 13.1. The molecular weight excluding hydrogens is 378 g/mol. The van der Waals surface area contributed by atoms with Gasteiger partial charge in [0.1, 0.15) is 11.3 Å². The molecule has 8 nitrogen and oxygen atoms in total. The largest absolute Gasteiger partial charge is 0.497 e. The monoisotopic (exact) mass is 389 g/mol. The number of thiocarbonyl (C=S) groups is 1. The van der Waals surface area contributed by atoms with Gasteiger partial charge in [-0.15, -0.1) is 0 Å². The Labute approximate surface area is 156 Å². The summed E-state index contributed by atoms with van der Waals surface area (Å²) in [6, 6.07) is 9.37. The van der Waals surface area contributed by atoms with Gasteiger partial charge in [-0.2, -0.15) is 0 Å². The van der Waals surface area contributed by atoms with Gasteiger partial charge in [0.2, 0.25) is 0 Å². The van der Waals surface area contributed by atoms with Crippen LogP contribution >= 0.6 is 23.6 Å². The summed E-state index contributed by atoms with van der Waals surface area (Å²) < 4.78 is 5.08. The van der Waals surface area contributed by atoms with Crippen LogP contribution in [0.5, 0.6) is 5.75 Å². The highest BCUT2D eigenvalue weighted by Crippen LogP contribution is 2.28. The Kier molecular flexibility index (Phi) is 4.78. The number of nitrogens with zero attached hydrogens (tertiary/aromatic N) is 2. The van der Waals surface area contributed by atoms with E-state index in [1.807, 2.05) is 0 Å². The fraction of sp³-hybridized carbons (Fsp3) is 0.0625. The van der Waals surface area contributed by atoms with Crippen molar-refractivity contribution in [2.75, 3.05) is 12.0 Å². The topological polar surface area (TPSA) is 102 Å². The molecule has 1 aliphatic heterocycles. The van der Waals surface area contributed by atoms with Crippen LogP contribution in [0.4, 0.5) is 10.7 Å². The molecular formula is C16H11N3O5S2. The van der Waals surface area contributed by atoms with E-state index < -0.39 is 16.7 Å². The number of nitrogens with one attached hydrogen (secondary N) is 1. The normalized spacial score (nSPS) is 16.0. The highest BCUT2D eigenvalue weighted by molar-refractivity contribution is 7.80. The molecule has 0 unspecified atom stereocenters. The zero-order chi connectivity index (χ0) is 18.8. The summed E-state index contributed by atoms with van der Waals surface area (Å²) in [4.78, 5) is 36.8. The lowest BCUT2D eigenvalue weighted by Crippen LogP contribution is -2.54. The molecule has 1 N–H and O–H groups in total. The van der Waals surface area contributed by atoms with Crippen LogP contribution in [0.3, 0.4) is 0 Å². The summed E-state index contributed by atoms with van der Waals surface area (Å²) in [6.07, 6.45) is 1.31. The molecule has 0 spiro atoms. The van der Waals surface area contributed by atoms with Gasteiger partial charge in [0.15, 0.2) is 5.11 Å². The molecule has 3 rings (SSSR count). The van der Waals surface area contributed by atoms with Crippen LogP contribution in [0, 0.1) is 10.1 Å². The summed E-state index contributed by atoms with van der Waals surface area (Å²) >= 11 is 5.97. The molecule has 1 saturated heterocycles. The zero-order valence-electron chi connectivity index (χ0n) is 13.3. The van der Waals surface area contributed by atoms with Gasteiger partial charge in [-0.25, -0.2) is 0 Å². The Balaban J connectivity index is 1.96. The molecule has 132 valence electrons. The van der Waals surface area contributed by atoms with Crippen molar-refractivity contribution in [3.8, 4) is 5.75 Å². The van der Waals surface area contributed by atoms with Gasteiger partial charge in [0.05, 0.1) is 17.7 Å². The van der Waals surface area contributed by atoms with Gasteiger partial charge < -0.3 is 4.74 Å². The van der Waals surface area contributed by atoms with E-state index in [-0.39, 0.29) is 15.7 Å². The quantitative estimate of drug-likeness (QED) is 0.283. The number of carbonyl (C=O) groups is 2. The van der Waals surface area contributed by atoms with E-state index in [0.717, 1.165) is 11.3 Å². The lowest BCUT2D eigenvalue weighted by Gasteiger charge is -2.28. The Morgan fingerprint density at radius 3 is 2.50 bits per heavy atom. The average Bonchev–Trinajstić information content (AvgIpc) is 3.08. The van der Waals surface area contributed by atoms with E-state index in [1.54, 1.807) is 24.3 Å². The highest BCUT2D eigenvalue weighted by Gasteiger charge is 2.34. The van der Waals surface area contributed by atoms with E-state index in [2.05, 4.69) is 5.32 Å². The number of hydrogen-bond acceptors (Lipinski definition) is 7. The van der Waals surface area contributed by atoms with Gasteiger partial charge in [-0.3, -0.25) is 29.9 Å². The molecule has 0 bridgehead atoms. The Morgan fingerprint density at radius 2 is 1.92 bits per heavy atom. The van der Waals surface area contributed by atoms with Crippen LogP contribution in [0.1, 0.15) is 4.88 Å². The second-order valence-corrected chi connectivity index (χ2v) is 6.57. The first-order valence-electron chi connectivity index (χ1n) is 7.20. The molecule has 1 aromatic heterocycles. The summed E-state index contributed by atoms with van der Waals surface area (Å²) in [6.45, 7) is 0. The predicted molar refractivity (Wildman–Crippen MR) is 100 cm³/mol. The maximum absolute atomic E-state index is 12.8. The molecule has 2 amide bonds. The molecule has 26 heavy (non-hydrogen) atoms. The van der Waals surface area contributed by atoms with Crippen LogP contribution in [0.2, 0.25) is 0 Å². The van der Waals surface area contributed by atoms with Crippen molar-refractivity contribution >= 4 is 57.2 Å². The SMILES string of the molecule is COc1ccc(N2C(=O)/C(=C\c3ccc([N+](=O)[O-])s3)C(=O)NC2=S)cc1. The molecule has 2 aromatic rings. The number of benzene rings is 1. The number of ether oxygens (including phenoxy) is 1. The Hall–Kier alpha value is -3.11. The fourth-order valence-electron chi connectivity index (χ4n) is 2.28. The van der Waals surface area contributed by atoms with Crippen molar-refractivity contribution < 1.29 is 19.2 Å². The van der Waals surface area contributed by atoms with Crippen molar-refractivity contribution in [2.45, 2.75) is 0 Å². The maximum Gasteiger partial charge on any atom is 0.324 e. The molecule has 1 aromatic carbocycles. The number of nitro groups is 1. The smallest absolute Gasteiger partial charge is 0.324 e. The van der Waals surface area contributed by atoms with Crippen LogP contribution < -0.4 is 15.0 Å². The number of rotatable bonds is 4. The maximum atomic E-state index is 12.8. The first-order chi connectivity index (χ1) is 12.4. The summed E-state index contributed by atoms with van der Waals surface area (Å²) in [5.41, 5.74) is 0.301. The van der Waals surface area contributed by atoms with Crippen LogP contribution in [-0.4, -0.2) is 29.0 Å². The molecule has 0 aliphatic carbocycles. The fourth-order valence-corrected chi connectivity index (χ4v) is 3.33. The Morgan fingerprint density at radius 1 is 1.23 bits per heavy atom. The van der Waals surface area contributed by atoms with Gasteiger partial charge in [0, 0.05) is 10.9 Å². The van der Waals surface area contributed by atoms with E-state index in [1.165, 1.54) is 30.2 Å². The summed E-state index contributed by atoms with van der Waals surface area (Å²) in [5.74, 6) is -0.657. The molecule has 1 fully saturated rings. The van der Waals surface area contributed by atoms with E-state index in [0.29, 0.717) is 16.3 Å². The molecule has 1 aliphatic rings. The molecule has 0 saturated carbocycles. The third-order valence-electron chi connectivity index (χ3n) is 3.51. The number of amides is 2. The number of hydrogen-bond donors (Lipinski definition) is 1. The van der Waals surface area contributed by atoms with E-state index in [9.17, 15) is 19.7 Å². The van der Waals surface area contributed by atoms with Gasteiger partial charge >= 0.3 is 5.00 Å². The second kappa shape index (κ2) is 7.02. The van der Waals surface area contributed by atoms with Crippen molar-refractivity contribution in [1.82, 2.24) is 5.32 Å². The average molecular weight is 389 g/mol. The lowest BCUT2D eigenvalue weighted by atomic mass is 10.1. The van der Waals surface area contributed by atoms with Crippen molar-refractivity contribution in [2.24, 2.45) is 0 Å². The zero-order valence-corrected chi connectivity index (χ0v) is 14.9. The predicted octanol–water partition coefficient (Wildman–Crippen LogP) is 2.50. The van der Waals surface area contributed by atoms with E-state index in [4.69, 9.17) is 17.0 Å². The van der Waals surface area contributed by atoms with Gasteiger partial charge in [0.25, 0.3) is 11.8 Å². The first-order valence-corrected chi connectivity index (χ1v) is 8.43. The van der Waals surface area contributed by atoms with Crippen molar-refractivity contribution in [3.63, 3.8) is 0 Å². The molecule has 2 heterocycles. The minimum atomic E-state index is -0.652. The Bertz CT molecular complexity index is 949. The van der Waals surface area contributed by atoms with Crippen LogP contribution in [-0.2, 0) is 9.59 Å². The third-order valence-corrected chi connectivity index (χ3v) is 4.78. The lowest BCUT2D eigenvalue weighted by molar-refractivity contribution is -0.380. The van der Waals surface area contributed by atoms with Crippen molar-refractivity contribution in [1.29, 1.82) is 0 Å². The van der Waals surface area contributed by atoms with Crippen molar-refractivity contribution in [3.05, 3.63) is 57.0 Å². The standard InChI is InChI=1S/C16H11N3O5S2/c1-24-10-4-2-9(3-5-10)18-15(21)12(14(20)17-16(18)25)8-11-6-7-13(26-11)19(22)23/h2-8H,1H3,(H,17,20,25)/b12-8-. The molecule has 0 atom stereocenters. The molecule has 0 radical (unpaired) electrons. The number of methoxy groups -OCH3 is 1. The van der Waals surface area contributed by atoms with Crippen LogP contribution in [0.15, 0.2) is 42.0 Å². The number of anilines is 1. The van der Waals surface area contributed by atoms with Gasteiger partial charge in [-0.1, -0.05) is 11.3 Å². The minimum absolute atomic E-state index is 0.0422. The molecule has 10 heteroatoms. The number of carbonyl (C=O) groups excluding carboxylic acids is 2. The highest BCUT2D eigenvalue weighted by atomic mass is 32.1. The van der Waals surface area contributed by atoms with E-state index >= 15 is 0 Å². The summed E-state index contributed by atoms with van der Waals surface area (Å²) in [7, 11) is 1.52. The second-order valence-electron chi connectivity index (χ2n) is 5.09.